The fraction of sp³-hybridized carbons (Fsp3) is 0.300. The predicted octanol–water partition coefficient (Wildman–Crippen LogP) is 0.770. The highest BCUT2D eigenvalue weighted by atomic mass is 35.5. The molecule has 0 aromatic carbocycles. The van der Waals surface area contributed by atoms with Crippen LogP contribution in [0, 0.1) is 0 Å². The average molecular weight is 308 g/mol. The van der Waals surface area contributed by atoms with Crippen molar-refractivity contribution >= 4 is 41.0 Å². The molecule has 2 amide bonds. The zero-order chi connectivity index (χ0) is 14.6. The van der Waals surface area contributed by atoms with Crippen LogP contribution in [0.1, 0.15) is 23.3 Å². The average Bonchev–Trinajstić information content (AvgIpc) is 2.64. The van der Waals surface area contributed by atoms with Crippen LogP contribution in [-0.4, -0.2) is 33.9 Å². The molecular formula is C10H11Cl2N3O4. The molecule has 0 aliphatic rings. The molecule has 0 saturated heterocycles. The highest BCUT2D eigenvalue weighted by molar-refractivity contribution is 6.41. The molecular weight excluding hydrogens is 297 g/mol. The van der Waals surface area contributed by atoms with E-state index in [-0.39, 0.29) is 28.7 Å². The molecule has 1 heterocycles. The highest BCUT2D eigenvalue weighted by Gasteiger charge is 2.22. The number of primary amides is 1. The van der Waals surface area contributed by atoms with Gasteiger partial charge in [-0.05, 0) is 12.5 Å². The Labute approximate surface area is 118 Å². The number of hydrogen-bond donors (Lipinski definition) is 4. The van der Waals surface area contributed by atoms with Gasteiger partial charge in [0.05, 0.1) is 5.02 Å². The highest BCUT2D eigenvalue weighted by Crippen LogP contribution is 2.21. The molecule has 19 heavy (non-hydrogen) atoms. The van der Waals surface area contributed by atoms with Gasteiger partial charge in [-0.2, -0.15) is 0 Å². The number of aromatic amines is 1. The van der Waals surface area contributed by atoms with E-state index >= 15 is 0 Å². The lowest BCUT2D eigenvalue weighted by Gasteiger charge is -2.12. The Bertz CT molecular complexity index is 495. The van der Waals surface area contributed by atoms with Crippen LogP contribution in [-0.2, 0) is 9.59 Å². The number of rotatable bonds is 6. The summed E-state index contributed by atoms with van der Waals surface area (Å²) in [7, 11) is 0. The van der Waals surface area contributed by atoms with E-state index in [2.05, 4.69) is 10.3 Å². The molecule has 0 aliphatic heterocycles. The number of carbonyl (C=O) groups is 3. The third-order valence-corrected chi connectivity index (χ3v) is 2.95. The topological polar surface area (TPSA) is 125 Å². The second-order valence-electron chi connectivity index (χ2n) is 3.71. The Kier molecular flexibility index (Phi) is 5.20. The van der Waals surface area contributed by atoms with Crippen LogP contribution in [0.25, 0.3) is 0 Å². The van der Waals surface area contributed by atoms with Crippen LogP contribution < -0.4 is 11.1 Å². The first-order valence-electron chi connectivity index (χ1n) is 5.17. The number of halogens is 2. The minimum atomic E-state index is -1.27. The second-order valence-corrected chi connectivity index (χ2v) is 4.50. The summed E-state index contributed by atoms with van der Waals surface area (Å²) in [5, 5.41) is 11.4. The zero-order valence-corrected chi connectivity index (χ0v) is 11.1. The molecule has 0 unspecified atom stereocenters. The van der Waals surface area contributed by atoms with Gasteiger partial charge >= 0.3 is 5.97 Å². The Hall–Kier alpha value is -1.73. The van der Waals surface area contributed by atoms with E-state index in [4.69, 9.17) is 34.0 Å². The van der Waals surface area contributed by atoms with Crippen molar-refractivity contribution in [2.24, 2.45) is 5.73 Å². The van der Waals surface area contributed by atoms with Gasteiger partial charge in [-0.15, -0.1) is 0 Å². The van der Waals surface area contributed by atoms with Crippen LogP contribution in [0.4, 0.5) is 0 Å². The molecule has 1 rings (SSSR count). The van der Waals surface area contributed by atoms with Gasteiger partial charge in [-0.3, -0.25) is 9.59 Å². The molecule has 0 aliphatic carbocycles. The molecule has 5 N–H and O–H groups in total. The number of aromatic nitrogens is 1. The van der Waals surface area contributed by atoms with Gasteiger partial charge in [0, 0.05) is 6.42 Å². The standard InChI is InChI=1S/C10H11Cl2N3O4/c11-4-3-6(14-8(4)12)9(17)15-5(10(18)19)1-2-7(13)16/h3,5,14H,1-2H2,(H2,13,16)(H,15,17)(H,18,19)/t5-/m0/s1. The smallest absolute Gasteiger partial charge is 0.326 e. The molecule has 0 radical (unpaired) electrons. The summed E-state index contributed by atoms with van der Waals surface area (Å²) in [6.45, 7) is 0. The SMILES string of the molecule is NC(=O)CC[C@H](NC(=O)c1cc(Cl)c(Cl)[nH]1)C(=O)O. The Morgan fingerprint density at radius 1 is 1.42 bits per heavy atom. The molecule has 0 bridgehead atoms. The van der Waals surface area contributed by atoms with Crippen LogP contribution in [0.5, 0.6) is 0 Å². The summed E-state index contributed by atoms with van der Waals surface area (Å²) in [6, 6.07) is 0.0486. The van der Waals surface area contributed by atoms with Crippen molar-refractivity contribution in [3.05, 3.63) is 21.9 Å². The minimum absolute atomic E-state index is 0.0281. The Morgan fingerprint density at radius 2 is 2.05 bits per heavy atom. The maximum atomic E-state index is 11.7. The summed E-state index contributed by atoms with van der Waals surface area (Å²) < 4.78 is 0. The largest absolute Gasteiger partial charge is 0.480 e. The lowest BCUT2D eigenvalue weighted by atomic mass is 10.1. The first kappa shape index (κ1) is 15.3. The van der Waals surface area contributed by atoms with E-state index in [1.54, 1.807) is 0 Å². The summed E-state index contributed by atoms with van der Waals surface area (Å²) in [6.07, 6.45) is -0.248. The van der Waals surface area contributed by atoms with Crippen LogP contribution in [0.2, 0.25) is 10.2 Å². The normalized spacial score (nSPS) is 11.9. The number of nitrogens with two attached hydrogens (primary N) is 1. The van der Waals surface area contributed by atoms with Crippen molar-refractivity contribution in [2.75, 3.05) is 0 Å². The number of carboxylic acid groups (broad SMARTS) is 1. The van der Waals surface area contributed by atoms with Gasteiger partial charge in [0.1, 0.15) is 16.9 Å². The van der Waals surface area contributed by atoms with Gasteiger partial charge in [0.25, 0.3) is 5.91 Å². The van der Waals surface area contributed by atoms with E-state index in [0.717, 1.165) is 0 Å². The van der Waals surface area contributed by atoms with Gasteiger partial charge in [-0.25, -0.2) is 4.79 Å². The third-order valence-electron chi connectivity index (χ3n) is 2.25. The lowest BCUT2D eigenvalue weighted by Crippen LogP contribution is -2.41. The molecule has 1 aromatic heterocycles. The van der Waals surface area contributed by atoms with Crippen LogP contribution >= 0.6 is 23.2 Å². The number of H-pyrrole nitrogens is 1. The minimum Gasteiger partial charge on any atom is -0.480 e. The fourth-order valence-corrected chi connectivity index (χ4v) is 1.62. The number of hydrogen-bond acceptors (Lipinski definition) is 3. The number of carbonyl (C=O) groups excluding carboxylic acids is 2. The summed E-state index contributed by atoms with van der Waals surface area (Å²) in [4.78, 5) is 35.7. The van der Waals surface area contributed by atoms with E-state index in [0.29, 0.717) is 0 Å². The zero-order valence-electron chi connectivity index (χ0n) is 9.57. The van der Waals surface area contributed by atoms with Crippen molar-refractivity contribution in [1.82, 2.24) is 10.3 Å². The lowest BCUT2D eigenvalue weighted by molar-refractivity contribution is -0.139. The van der Waals surface area contributed by atoms with Gasteiger partial charge in [0.2, 0.25) is 5.91 Å². The Morgan fingerprint density at radius 3 is 2.47 bits per heavy atom. The monoisotopic (exact) mass is 307 g/mol. The fourth-order valence-electron chi connectivity index (χ4n) is 1.31. The molecule has 104 valence electrons. The quantitative estimate of drug-likeness (QED) is 0.619. The Balaban J connectivity index is 2.71. The van der Waals surface area contributed by atoms with E-state index in [1.807, 2.05) is 0 Å². The van der Waals surface area contributed by atoms with Gasteiger partial charge in [-0.1, -0.05) is 23.2 Å². The van der Waals surface area contributed by atoms with E-state index < -0.39 is 23.8 Å². The maximum absolute atomic E-state index is 11.7. The van der Waals surface area contributed by atoms with Crippen LogP contribution in [0.3, 0.4) is 0 Å². The first-order valence-corrected chi connectivity index (χ1v) is 5.93. The maximum Gasteiger partial charge on any atom is 0.326 e. The van der Waals surface area contributed by atoms with E-state index in [9.17, 15) is 14.4 Å². The number of carboxylic acids is 1. The molecule has 0 spiro atoms. The molecule has 0 saturated carbocycles. The summed E-state index contributed by atoms with van der Waals surface area (Å²) >= 11 is 11.3. The molecule has 1 atom stereocenters. The molecule has 0 fully saturated rings. The molecule has 9 heteroatoms. The second kappa shape index (κ2) is 6.44. The van der Waals surface area contributed by atoms with Gasteiger partial charge < -0.3 is 21.1 Å². The van der Waals surface area contributed by atoms with Crippen molar-refractivity contribution in [3.8, 4) is 0 Å². The predicted molar refractivity (Wildman–Crippen MR) is 68.1 cm³/mol. The number of nitrogens with one attached hydrogen (secondary N) is 2. The summed E-state index contributed by atoms with van der Waals surface area (Å²) in [5.41, 5.74) is 4.95. The van der Waals surface area contributed by atoms with Crippen molar-refractivity contribution < 1.29 is 19.5 Å². The summed E-state index contributed by atoms with van der Waals surface area (Å²) in [5.74, 6) is -2.60. The van der Waals surface area contributed by atoms with Crippen LogP contribution in [0.15, 0.2) is 6.07 Å². The third kappa shape index (κ3) is 4.46. The van der Waals surface area contributed by atoms with E-state index in [1.165, 1.54) is 6.07 Å². The first-order chi connectivity index (χ1) is 8.81. The number of amides is 2. The van der Waals surface area contributed by atoms with Crippen molar-refractivity contribution in [1.29, 1.82) is 0 Å². The van der Waals surface area contributed by atoms with Crippen molar-refractivity contribution in [2.45, 2.75) is 18.9 Å². The van der Waals surface area contributed by atoms with Crippen molar-refractivity contribution in [3.63, 3.8) is 0 Å². The molecule has 7 nitrogen and oxygen atoms in total. The molecule has 1 aromatic rings. The number of aliphatic carboxylic acids is 1. The van der Waals surface area contributed by atoms with Gasteiger partial charge in [0.15, 0.2) is 0 Å².